The average Bonchev–Trinajstić information content (AvgIpc) is 3.20. The Morgan fingerprint density at radius 3 is 2.81 bits per heavy atom. The van der Waals surface area contributed by atoms with Crippen molar-refractivity contribution in [3.8, 4) is 0 Å². The molecule has 0 aliphatic heterocycles. The van der Waals surface area contributed by atoms with Gasteiger partial charge in [0.1, 0.15) is 0 Å². The molecule has 0 spiro atoms. The van der Waals surface area contributed by atoms with Crippen molar-refractivity contribution in [1.82, 2.24) is 20.1 Å². The third kappa shape index (κ3) is 3.82. The molecule has 1 aromatic carbocycles. The number of aryl methyl sites for hydroxylation is 3. The molecule has 0 radical (unpaired) electrons. The summed E-state index contributed by atoms with van der Waals surface area (Å²) >= 11 is 0. The number of fused-ring (bicyclic) bond motifs is 1. The van der Waals surface area contributed by atoms with E-state index in [0.29, 0.717) is 18.9 Å². The summed E-state index contributed by atoms with van der Waals surface area (Å²) < 4.78 is 1.89. The molecule has 2 aromatic heterocycles. The first-order valence-corrected chi connectivity index (χ1v) is 9.27. The molecule has 26 heavy (non-hydrogen) atoms. The second-order valence-corrected chi connectivity index (χ2v) is 7.35. The van der Waals surface area contributed by atoms with Gasteiger partial charge in [0.25, 0.3) is 0 Å². The van der Waals surface area contributed by atoms with Crippen molar-refractivity contribution in [2.75, 3.05) is 6.54 Å². The van der Waals surface area contributed by atoms with Crippen LogP contribution < -0.4 is 5.32 Å². The minimum absolute atomic E-state index is 0.0971. The van der Waals surface area contributed by atoms with E-state index in [-0.39, 0.29) is 11.8 Å². The van der Waals surface area contributed by atoms with Crippen LogP contribution in [-0.2, 0) is 18.3 Å². The Labute approximate surface area is 154 Å². The zero-order valence-electron chi connectivity index (χ0n) is 16.0. The van der Waals surface area contributed by atoms with Crippen LogP contribution >= 0.6 is 0 Å². The largest absolute Gasteiger partial charge is 0.361 e. The van der Waals surface area contributed by atoms with Crippen molar-refractivity contribution < 1.29 is 4.79 Å². The van der Waals surface area contributed by atoms with E-state index >= 15 is 0 Å². The Morgan fingerprint density at radius 2 is 2.12 bits per heavy atom. The van der Waals surface area contributed by atoms with Crippen molar-refractivity contribution in [2.45, 2.75) is 39.5 Å². The molecular formula is C21H28N4O. The first kappa shape index (κ1) is 18.2. The van der Waals surface area contributed by atoms with Crippen LogP contribution in [0, 0.1) is 12.8 Å². The summed E-state index contributed by atoms with van der Waals surface area (Å²) in [5.41, 5.74) is 4.76. The van der Waals surface area contributed by atoms with E-state index in [1.807, 2.05) is 30.2 Å². The van der Waals surface area contributed by atoms with Gasteiger partial charge in [0, 0.05) is 54.9 Å². The number of hydrogen-bond donors (Lipinski definition) is 2. The molecule has 0 fully saturated rings. The Balaban J connectivity index is 1.58. The number of aromatic amines is 1. The number of carbonyl (C=O) groups excluding carboxylic acids is 1. The molecule has 0 bridgehead atoms. The van der Waals surface area contributed by atoms with Crippen molar-refractivity contribution >= 4 is 16.8 Å². The summed E-state index contributed by atoms with van der Waals surface area (Å²) in [4.78, 5) is 15.7. The van der Waals surface area contributed by atoms with Gasteiger partial charge in [-0.25, -0.2) is 0 Å². The Bertz CT molecular complexity index is 890. The number of carbonyl (C=O) groups is 1. The van der Waals surface area contributed by atoms with Gasteiger partial charge in [-0.05, 0) is 36.5 Å². The zero-order valence-corrected chi connectivity index (χ0v) is 16.0. The first-order valence-electron chi connectivity index (χ1n) is 9.27. The second kappa shape index (κ2) is 7.77. The van der Waals surface area contributed by atoms with Gasteiger partial charge in [-0.2, -0.15) is 5.10 Å². The van der Waals surface area contributed by atoms with Gasteiger partial charge in [0.2, 0.25) is 5.91 Å². The SMILES string of the molecule is Cc1cccc2c(CCC(=O)NCC(c3ccnn3C)C(C)C)c[nH]c12. The minimum Gasteiger partial charge on any atom is -0.361 e. The smallest absolute Gasteiger partial charge is 0.220 e. The standard InChI is InChI=1S/C21H28N4O/c1-14(2)18(19-10-11-24-25(19)4)13-22-20(26)9-8-16-12-23-21-15(3)6-5-7-17(16)21/h5-7,10-12,14,18,23H,8-9,13H2,1-4H3,(H,22,26). The second-order valence-electron chi connectivity index (χ2n) is 7.35. The summed E-state index contributed by atoms with van der Waals surface area (Å²) in [6.45, 7) is 7.10. The number of hydrogen-bond acceptors (Lipinski definition) is 2. The maximum absolute atomic E-state index is 12.4. The maximum Gasteiger partial charge on any atom is 0.220 e. The summed E-state index contributed by atoms with van der Waals surface area (Å²) in [6.07, 6.45) is 5.08. The average molecular weight is 352 g/mol. The molecule has 138 valence electrons. The van der Waals surface area contributed by atoms with E-state index < -0.39 is 0 Å². The number of H-pyrrole nitrogens is 1. The number of aromatic nitrogens is 3. The molecule has 5 heteroatoms. The Hall–Kier alpha value is -2.56. The summed E-state index contributed by atoms with van der Waals surface area (Å²) in [7, 11) is 1.95. The summed E-state index contributed by atoms with van der Waals surface area (Å²) in [5.74, 6) is 0.796. The topological polar surface area (TPSA) is 62.7 Å². The predicted molar refractivity (Wildman–Crippen MR) is 105 cm³/mol. The minimum atomic E-state index is 0.0971. The van der Waals surface area contributed by atoms with Crippen molar-refractivity contribution in [3.63, 3.8) is 0 Å². The molecule has 1 unspecified atom stereocenters. The molecule has 2 heterocycles. The van der Waals surface area contributed by atoms with E-state index in [1.165, 1.54) is 22.0 Å². The Kier molecular flexibility index (Phi) is 5.45. The lowest BCUT2D eigenvalue weighted by atomic mass is 9.92. The molecule has 2 N–H and O–H groups in total. The highest BCUT2D eigenvalue weighted by Crippen LogP contribution is 2.24. The molecule has 0 saturated heterocycles. The van der Waals surface area contributed by atoms with Gasteiger partial charge in [-0.1, -0.05) is 32.0 Å². The van der Waals surface area contributed by atoms with E-state index in [4.69, 9.17) is 0 Å². The van der Waals surface area contributed by atoms with Gasteiger partial charge in [0.15, 0.2) is 0 Å². The molecule has 1 amide bonds. The highest BCUT2D eigenvalue weighted by atomic mass is 16.1. The van der Waals surface area contributed by atoms with E-state index in [0.717, 1.165) is 12.1 Å². The lowest BCUT2D eigenvalue weighted by molar-refractivity contribution is -0.121. The van der Waals surface area contributed by atoms with Crippen LogP contribution in [0.2, 0.25) is 0 Å². The lowest BCUT2D eigenvalue weighted by Gasteiger charge is -2.21. The maximum atomic E-state index is 12.4. The molecular weight excluding hydrogens is 324 g/mol. The fraction of sp³-hybridized carbons (Fsp3) is 0.429. The summed E-state index contributed by atoms with van der Waals surface area (Å²) in [5, 5.41) is 8.58. The first-order chi connectivity index (χ1) is 12.5. The third-order valence-corrected chi connectivity index (χ3v) is 5.19. The number of rotatable bonds is 7. The van der Waals surface area contributed by atoms with Crippen LogP contribution in [0.25, 0.3) is 10.9 Å². The molecule has 3 rings (SSSR count). The van der Waals surface area contributed by atoms with Gasteiger partial charge >= 0.3 is 0 Å². The number of nitrogens with one attached hydrogen (secondary N) is 2. The Morgan fingerprint density at radius 1 is 1.31 bits per heavy atom. The fourth-order valence-electron chi connectivity index (χ4n) is 3.56. The quantitative estimate of drug-likeness (QED) is 0.681. The molecule has 1 atom stereocenters. The highest BCUT2D eigenvalue weighted by molar-refractivity contribution is 5.86. The third-order valence-electron chi connectivity index (χ3n) is 5.19. The fourth-order valence-corrected chi connectivity index (χ4v) is 3.56. The van der Waals surface area contributed by atoms with Crippen LogP contribution in [0.1, 0.15) is 43.0 Å². The number of para-hydroxylation sites is 1. The predicted octanol–water partition coefficient (Wildman–Crippen LogP) is 3.70. The van der Waals surface area contributed by atoms with Crippen molar-refractivity contribution in [1.29, 1.82) is 0 Å². The van der Waals surface area contributed by atoms with Crippen LogP contribution in [0.5, 0.6) is 0 Å². The number of amides is 1. The van der Waals surface area contributed by atoms with E-state index in [1.54, 1.807) is 0 Å². The number of benzene rings is 1. The molecule has 5 nitrogen and oxygen atoms in total. The van der Waals surface area contributed by atoms with Gasteiger partial charge in [-0.15, -0.1) is 0 Å². The van der Waals surface area contributed by atoms with E-state index in [2.05, 4.69) is 54.4 Å². The highest BCUT2D eigenvalue weighted by Gasteiger charge is 2.19. The van der Waals surface area contributed by atoms with Gasteiger partial charge in [-0.3, -0.25) is 9.48 Å². The molecule has 3 aromatic rings. The molecule has 0 aliphatic rings. The van der Waals surface area contributed by atoms with Crippen LogP contribution in [0.3, 0.4) is 0 Å². The van der Waals surface area contributed by atoms with Crippen LogP contribution in [0.15, 0.2) is 36.7 Å². The summed E-state index contributed by atoms with van der Waals surface area (Å²) in [6, 6.07) is 8.31. The van der Waals surface area contributed by atoms with Crippen molar-refractivity contribution in [3.05, 3.63) is 53.5 Å². The van der Waals surface area contributed by atoms with Gasteiger partial charge in [0.05, 0.1) is 0 Å². The van der Waals surface area contributed by atoms with Gasteiger partial charge < -0.3 is 10.3 Å². The monoisotopic (exact) mass is 352 g/mol. The van der Waals surface area contributed by atoms with Crippen molar-refractivity contribution in [2.24, 2.45) is 13.0 Å². The molecule has 0 aliphatic carbocycles. The number of nitrogens with zero attached hydrogens (tertiary/aromatic N) is 2. The normalized spacial score (nSPS) is 12.7. The van der Waals surface area contributed by atoms with Crippen LogP contribution in [-0.4, -0.2) is 27.2 Å². The van der Waals surface area contributed by atoms with Crippen LogP contribution in [0.4, 0.5) is 0 Å². The molecule has 0 saturated carbocycles. The zero-order chi connectivity index (χ0) is 18.7. The lowest BCUT2D eigenvalue weighted by Crippen LogP contribution is -2.31. The van der Waals surface area contributed by atoms with E-state index in [9.17, 15) is 4.79 Å².